The summed E-state index contributed by atoms with van der Waals surface area (Å²) in [6.45, 7) is 0. The van der Waals surface area contributed by atoms with Gasteiger partial charge in [-0.3, -0.25) is 9.48 Å². The van der Waals surface area contributed by atoms with E-state index >= 15 is 0 Å². The van der Waals surface area contributed by atoms with Crippen LogP contribution in [0, 0.1) is 0 Å². The van der Waals surface area contributed by atoms with Crippen LogP contribution in [0.1, 0.15) is 5.82 Å². The van der Waals surface area contributed by atoms with Crippen LogP contribution in [0.4, 0.5) is 0 Å². The van der Waals surface area contributed by atoms with Gasteiger partial charge in [-0.1, -0.05) is 0 Å². The van der Waals surface area contributed by atoms with Crippen molar-refractivity contribution in [3.05, 3.63) is 12.2 Å². The van der Waals surface area contributed by atoms with E-state index in [1.807, 2.05) is 0 Å². The van der Waals surface area contributed by atoms with Crippen LogP contribution in [0.25, 0.3) is 0 Å². The molecule has 0 fully saturated rings. The third-order valence-corrected chi connectivity index (χ3v) is 0.956. The quantitative estimate of drug-likeness (QED) is 0.599. The van der Waals surface area contributed by atoms with Crippen LogP contribution >= 0.6 is 0 Å². The van der Waals surface area contributed by atoms with Crippen LogP contribution in [-0.2, 0) is 18.3 Å². The first-order valence-corrected chi connectivity index (χ1v) is 2.75. The molecule has 0 aliphatic rings. The third kappa shape index (κ3) is 1.54. The molecule has 54 valence electrons. The summed E-state index contributed by atoms with van der Waals surface area (Å²) in [6.07, 6.45) is 1.36. The van der Waals surface area contributed by atoms with Crippen molar-refractivity contribution in [1.29, 1.82) is 0 Å². The van der Waals surface area contributed by atoms with Crippen molar-refractivity contribution in [2.24, 2.45) is 7.05 Å². The molecule has 10 heavy (non-hydrogen) atoms. The molecule has 0 amide bonds. The second-order valence-electron chi connectivity index (χ2n) is 1.90. The molecule has 0 aromatic carbocycles. The Hall–Kier alpha value is -1.39. The average Bonchev–Trinajstić information content (AvgIpc) is 2.13. The van der Waals surface area contributed by atoms with E-state index < -0.39 is 5.97 Å². The van der Waals surface area contributed by atoms with Crippen LogP contribution in [0.15, 0.2) is 6.33 Å². The summed E-state index contributed by atoms with van der Waals surface area (Å²) in [5.41, 5.74) is 0. The summed E-state index contributed by atoms with van der Waals surface area (Å²) in [5.74, 6) is -0.568. The highest BCUT2D eigenvalue weighted by atomic mass is 16.4. The summed E-state index contributed by atoms with van der Waals surface area (Å²) in [4.78, 5) is 13.8. The van der Waals surface area contributed by atoms with E-state index in [1.165, 1.54) is 11.0 Å². The van der Waals surface area contributed by atoms with E-state index in [0.29, 0.717) is 5.82 Å². The first-order valence-electron chi connectivity index (χ1n) is 2.75. The first-order chi connectivity index (χ1) is 4.68. The van der Waals surface area contributed by atoms with Gasteiger partial charge in [-0.05, 0) is 0 Å². The maximum atomic E-state index is 10.1. The molecule has 1 rings (SSSR count). The maximum absolute atomic E-state index is 10.1. The molecule has 5 heteroatoms. The van der Waals surface area contributed by atoms with E-state index in [9.17, 15) is 4.79 Å². The standard InChI is InChI=1S/C5H7N3O2/c1-8-3-6-4(7-8)2-5(9)10/h3H,2H2,1H3,(H,9,10). The van der Waals surface area contributed by atoms with Gasteiger partial charge in [-0.25, -0.2) is 4.98 Å². The summed E-state index contributed by atoms with van der Waals surface area (Å²) in [7, 11) is 1.69. The molecule has 0 saturated carbocycles. The Morgan fingerprint density at radius 3 is 3.00 bits per heavy atom. The van der Waals surface area contributed by atoms with Crippen molar-refractivity contribution in [2.45, 2.75) is 6.42 Å². The molecule has 0 aliphatic carbocycles. The Labute approximate surface area is 57.3 Å². The summed E-state index contributed by atoms with van der Waals surface area (Å²) >= 11 is 0. The smallest absolute Gasteiger partial charge is 0.311 e. The summed E-state index contributed by atoms with van der Waals surface area (Å²) < 4.78 is 1.47. The normalized spacial score (nSPS) is 9.70. The van der Waals surface area contributed by atoms with Crippen molar-refractivity contribution in [3.8, 4) is 0 Å². The fourth-order valence-electron chi connectivity index (χ4n) is 0.600. The molecule has 0 spiro atoms. The lowest BCUT2D eigenvalue weighted by atomic mass is 10.4. The number of carboxylic acids is 1. The van der Waals surface area contributed by atoms with E-state index in [2.05, 4.69) is 10.1 Å². The van der Waals surface area contributed by atoms with Gasteiger partial charge >= 0.3 is 5.97 Å². The number of aromatic nitrogens is 3. The van der Waals surface area contributed by atoms with Crippen LogP contribution in [0.2, 0.25) is 0 Å². The number of rotatable bonds is 2. The zero-order valence-corrected chi connectivity index (χ0v) is 5.48. The largest absolute Gasteiger partial charge is 0.481 e. The van der Waals surface area contributed by atoms with Gasteiger partial charge in [0.05, 0.1) is 0 Å². The fourth-order valence-corrected chi connectivity index (χ4v) is 0.600. The highest BCUT2D eigenvalue weighted by molar-refractivity contribution is 5.68. The highest BCUT2D eigenvalue weighted by Gasteiger charge is 2.03. The lowest BCUT2D eigenvalue weighted by molar-refractivity contribution is -0.136. The second kappa shape index (κ2) is 2.47. The van der Waals surface area contributed by atoms with Gasteiger partial charge < -0.3 is 5.11 Å². The number of hydrogen-bond acceptors (Lipinski definition) is 3. The van der Waals surface area contributed by atoms with Crippen LogP contribution in [0.5, 0.6) is 0 Å². The molecule has 1 aromatic heterocycles. The van der Waals surface area contributed by atoms with Crippen LogP contribution in [0.3, 0.4) is 0 Å². The molecule has 1 aromatic rings. The molecular weight excluding hydrogens is 134 g/mol. The number of carboxylic acid groups (broad SMARTS) is 1. The van der Waals surface area contributed by atoms with E-state index in [-0.39, 0.29) is 6.42 Å². The Bertz CT molecular complexity index is 243. The van der Waals surface area contributed by atoms with Crippen LogP contribution in [-0.4, -0.2) is 25.8 Å². The predicted molar refractivity (Wildman–Crippen MR) is 32.3 cm³/mol. The number of nitrogens with zero attached hydrogens (tertiary/aromatic N) is 3. The Morgan fingerprint density at radius 1 is 1.90 bits per heavy atom. The molecule has 0 bridgehead atoms. The van der Waals surface area contributed by atoms with Gasteiger partial charge in [0, 0.05) is 7.05 Å². The van der Waals surface area contributed by atoms with Gasteiger partial charge in [-0.15, -0.1) is 0 Å². The predicted octanol–water partition coefficient (Wildman–Crippen LogP) is -0.558. The van der Waals surface area contributed by atoms with Crippen molar-refractivity contribution in [1.82, 2.24) is 14.8 Å². The Morgan fingerprint density at radius 2 is 2.60 bits per heavy atom. The molecule has 5 nitrogen and oxygen atoms in total. The van der Waals surface area contributed by atoms with Gasteiger partial charge in [0.2, 0.25) is 0 Å². The summed E-state index contributed by atoms with van der Waals surface area (Å²) in [5, 5.41) is 12.1. The fraction of sp³-hybridized carbons (Fsp3) is 0.400. The van der Waals surface area contributed by atoms with Crippen molar-refractivity contribution >= 4 is 5.97 Å². The first kappa shape index (κ1) is 6.73. The highest BCUT2D eigenvalue weighted by Crippen LogP contribution is 1.88. The van der Waals surface area contributed by atoms with Crippen molar-refractivity contribution < 1.29 is 9.90 Å². The monoisotopic (exact) mass is 141 g/mol. The number of aliphatic carboxylic acids is 1. The molecule has 1 heterocycles. The zero-order chi connectivity index (χ0) is 7.56. The average molecular weight is 141 g/mol. The number of aryl methyl sites for hydroxylation is 1. The van der Waals surface area contributed by atoms with Crippen LogP contribution < -0.4 is 0 Å². The lowest BCUT2D eigenvalue weighted by Crippen LogP contribution is -2.02. The summed E-state index contributed by atoms with van der Waals surface area (Å²) in [6, 6.07) is 0. The number of carbonyl (C=O) groups is 1. The van der Waals surface area contributed by atoms with Gasteiger partial charge in [0.1, 0.15) is 12.7 Å². The maximum Gasteiger partial charge on any atom is 0.311 e. The van der Waals surface area contributed by atoms with Gasteiger partial charge in [-0.2, -0.15) is 5.10 Å². The molecule has 0 saturated heterocycles. The Balaban J connectivity index is 2.67. The molecule has 1 N–H and O–H groups in total. The second-order valence-corrected chi connectivity index (χ2v) is 1.90. The lowest BCUT2D eigenvalue weighted by Gasteiger charge is -1.84. The Kier molecular flexibility index (Phi) is 1.66. The SMILES string of the molecule is Cn1cnc(CC(=O)O)n1. The topological polar surface area (TPSA) is 68.0 Å². The van der Waals surface area contributed by atoms with Gasteiger partial charge in [0.15, 0.2) is 5.82 Å². The van der Waals surface area contributed by atoms with E-state index in [0.717, 1.165) is 0 Å². The minimum absolute atomic E-state index is 0.110. The van der Waals surface area contributed by atoms with Crippen molar-refractivity contribution in [2.75, 3.05) is 0 Å². The van der Waals surface area contributed by atoms with Gasteiger partial charge in [0.25, 0.3) is 0 Å². The van der Waals surface area contributed by atoms with E-state index in [1.54, 1.807) is 7.05 Å². The molecule has 0 unspecified atom stereocenters. The van der Waals surface area contributed by atoms with E-state index in [4.69, 9.17) is 5.11 Å². The van der Waals surface area contributed by atoms with Crippen molar-refractivity contribution in [3.63, 3.8) is 0 Å². The molecular formula is C5H7N3O2. The molecule has 0 radical (unpaired) electrons. The number of hydrogen-bond donors (Lipinski definition) is 1. The molecule has 0 atom stereocenters. The third-order valence-electron chi connectivity index (χ3n) is 0.956. The zero-order valence-electron chi connectivity index (χ0n) is 5.48. The minimum Gasteiger partial charge on any atom is -0.481 e. The molecule has 0 aliphatic heterocycles. The minimum atomic E-state index is -0.911.